The molecule has 0 saturated carbocycles. The van der Waals surface area contributed by atoms with Gasteiger partial charge in [-0.3, -0.25) is 4.68 Å². The number of carbonyl (C=O) groups excluding carboxylic acids is 1. The first kappa shape index (κ1) is 16.8. The number of esters is 1. The lowest BCUT2D eigenvalue weighted by Gasteiger charge is -2.06. The molecule has 0 N–H and O–H groups in total. The molecule has 6 nitrogen and oxygen atoms in total. The number of hydrogen-bond acceptors (Lipinski definition) is 4. The van der Waals surface area contributed by atoms with Crippen molar-refractivity contribution in [3.8, 4) is 5.88 Å². The van der Waals surface area contributed by atoms with Crippen LogP contribution >= 0.6 is 0 Å². The van der Waals surface area contributed by atoms with E-state index in [2.05, 4.69) is 14.9 Å². The Balaban J connectivity index is 2.32. The molecule has 12 heteroatoms. The van der Waals surface area contributed by atoms with Crippen LogP contribution in [0.3, 0.4) is 0 Å². The van der Waals surface area contributed by atoms with Gasteiger partial charge in [0.25, 0.3) is 0 Å². The zero-order chi connectivity index (χ0) is 17.6. The third-order valence-electron chi connectivity index (χ3n) is 2.64. The van der Waals surface area contributed by atoms with Crippen LogP contribution in [0.2, 0.25) is 0 Å². The van der Waals surface area contributed by atoms with Gasteiger partial charge in [-0.1, -0.05) is 0 Å². The monoisotopic (exact) mass is 342 g/mol. The smallest absolute Gasteiger partial charge is 0.404 e. The Morgan fingerprint density at radius 3 is 2.17 bits per heavy atom. The molecule has 0 aliphatic rings. The van der Waals surface area contributed by atoms with E-state index in [4.69, 9.17) is 0 Å². The second-order valence-corrected chi connectivity index (χ2v) is 4.44. The maximum absolute atomic E-state index is 12.8. The second kappa shape index (κ2) is 5.28. The third kappa shape index (κ3) is 3.46. The van der Waals surface area contributed by atoms with E-state index in [0.29, 0.717) is 10.7 Å². The van der Waals surface area contributed by atoms with Gasteiger partial charge in [0.05, 0.1) is 0 Å². The lowest BCUT2D eigenvalue weighted by atomic mass is 10.2. The largest absolute Gasteiger partial charge is 0.436 e. The Morgan fingerprint density at radius 1 is 1.09 bits per heavy atom. The summed E-state index contributed by atoms with van der Waals surface area (Å²) in [4.78, 5) is 11.8. The molecule has 2 rings (SSSR count). The average molecular weight is 342 g/mol. The molecule has 0 bridgehead atoms. The number of hydrogen-bond donors (Lipinski definition) is 0. The fourth-order valence-corrected chi connectivity index (χ4v) is 1.68. The molecule has 0 amide bonds. The van der Waals surface area contributed by atoms with E-state index in [0.717, 1.165) is 25.0 Å². The minimum Gasteiger partial charge on any atom is -0.404 e. The van der Waals surface area contributed by atoms with Gasteiger partial charge in [-0.2, -0.15) is 36.5 Å². The van der Waals surface area contributed by atoms with Crippen molar-refractivity contribution < 1.29 is 35.9 Å². The van der Waals surface area contributed by atoms with E-state index in [1.807, 2.05) is 0 Å². The summed E-state index contributed by atoms with van der Waals surface area (Å²) in [5, 5.41) is 6.18. The molecule has 0 aliphatic heterocycles. The van der Waals surface area contributed by atoms with Crippen LogP contribution < -0.4 is 4.74 Å². The van der Waals surface area contributed by atoms with E-state index in [1.54, 1.807) is 0 Å². The van der Waals surface area contributed by atoms with Gasteiger partial charge in [0.1, 0.15) is 5.56 Å². The Bertz CT molecular complexity index is 743. The van der Waals surface area contributed by atoms with Crippen molar-refractivity contribution in [2.24, 2.45) is 14.1 Å². The van der Waals surface area contributed by atoms with Gasteiger partial charge >= 0.3 is 18.3 Å². The van der Waals surface area contributed by atoms with Crippen molar-refractivity contribution in [2.45, 2.75) is 12.4 Å². The normalized spacial score (nSPS) is 12.5. The Kier molecular flexibility index (Phi) is 3.86. The molecule has 0 atom stereocenters. The number of aryl methyl sites for hydroxylation is 2. The van der Waals surface area contributed by atoms with E-state index in [9.17, 15) is 31.1 Å². The minimum atomic E-state index is -4.92. The van der Waals surface area contributed by atoms with Gasteiger partial charge in [-0.25, -0.2) is 9.48 Å². The maximum Gasteiger partial charge on any atom is 0.436 e. The number of ether oxygens (including phenoxy) is 1. The number of carbonyl (C=O) groups is 1. The molecule has 2 aromatic heterocycles. The molecular formula is C11H8F6N4O2. The topological polar surface area (TPSA) is 61.9 Å². The second-order valence-electron chi connectivity index (χ2n) is 4.44. The molecule has 23 heavy (non-hydrogen) atoms. The van der Waals surface area contributed by atoms with Crippen LogP contribution in [0, 0.1) is 0 Å². The summed E-state index contributed by atoms with van der Waals surface area (Å²) in [6.45, 7) is 0. The van der Waals surface area contributed by atoms with Crippen LogP contribution in [0.4, 0.5) is 26.3 Å². The molecule has 126 valence electrons. The van der Waals surface area contributed by atoms with Crippen molar-refractivity contribution in [1.29, 1.82) is 0 Å². The fraction of sp³-hybridized carbons (Fsp3) is 0.364. The van der Waals surface area contributed by atoms with Crippen LogP contribution in [0.15, 0.2) is 12.3 Å². The fourth-order valence-electron chi connectivity index (χ4n) is 1.68. The molecule has 0 saturated heterocycles. The van der Waals surface area contributed by atoms with Crippen molar-refractivity contribution in [1.82, 2.24) is 19.6 Å². The van der Waals surface area contributed by atoms with Crippen LogP contribution in [-0.2, 0) is 26.4 Å². The first-order valence-corrected chi connectivity index (χ1v) is 5.84. The predicted molar refractivity (Wildman–Crippen MR) is 61.4 cm³/mol. The predicted octanol–water partition coefficient (Wildman–Crippen LogP) is 2.41. The summed E-state index contributed by atoms with van der Waals surface area (Å²) >= 11 is 0. The van der Waals surface area contributed by atoms with Gasteiger partial charge in [-0.05, 0) is 0 Å². The molecule has 2 heterocycles. The van der Waals surface area contributed by atoms with E-state index < -0.39 is 41.2 Å². The number of alkyl halides is 6. The quantitative estimate of drug-likeness (QED) is 0.621. The summed E-state index contributed by atoms with van der Waals surface area (Å²) in [6.07, 6.45) is -8.95. The highest BCUT2D eigenvalue weighted by atomic mass is 19.4. The van der Waals surface area contributed by atoms with E-state index in [1.165, 1.54) is 0 Å². The zero-order valence-corrected chi connectivity index (χ0v) is 11.5. The van der Waals surface area contributed by atoms with Crippen LogP contribution in [0.25, 0.3) is 0 Å². The molecular weight excluding hydrogens is 334 g/mol. The van der Waals surface area contributed by atoms with Crippen molar-refractivity contribution in [3.63, 3.8) is 0 Å². The molecule has 0 unspecified atom stereocenters. The lowest BCUT2D eigenvalue weighted by Crippen LogP contribution is -2.17. The standard InChI is InChI=1S/C11H8F6N4O2/c1-20-4-5(8(19-20)11(15,16)17)9(22)23-7-3-6(10(12,13)14)18-21(7)2/h3-4H,1-2H3. The van der Waals surface area contributed by atoms with Gasteiger partial charge in [0, 0.05) is 26.4 Å². The van der Waals surface area contributed by atoms with Crippen LogP contribution in [0.5, 0.6) is 5.88 Å². The molecule has 0 spiro atoms. The number of rotatable bonds is 2. The molecule has 0 aliphatic carbocycles. The number of halogens is 6. The van der Waals surface area contributed by atoms with Crippen LogP contribution in [-0.4, -0.2) is 25.5 Å². The van der Waals surface area contributed by atoms with Crippen molar-refractivity contribution in [2.75, 3.05) is 0 Å². The first-order chi connectivity index (χ1) is 10.4. The Labute approximate surface area is 124 Å². The highest BCUT2D eigenvalue weighted by Gasteiger charge is 2.40. The summed E-state index contributed by atoms with van der Waals surface area (Å²) in [6, 6.07) is 0.404. The Hall–Kier alpha value is -2.53. The van der Waals surface area contributed by atoms with Gasteiger partial charge < -0.3 is 4.74 Å². The van der Waals surface area contributed by atoms with Crippen molar-refractivity contribution >= 4 is 5.97 Å². The minimum absolute atomic E-state index is 0.404. The average Bonchev–Trinajstić information content (AvgIpc) is 2.92. The Morgan fingerprint density at radius 2 is 1.70 bits per heavy atom. The third-order valence-corrected chi connectivity index (χ3v) is 2.64. The summed E-state index contributed by atoms with van der Waals surface area (Å²) in [5.41, 5.74) is -3.76. The molecule has 0 fully saturated rings. The highest BCUT2D eigenvalue weighted by Crippen LogP contribution is 2.32. The summed E-state index contributed by atoms with van der Waals surface area (Å²) in [7, 11) is 2.20. The van der Waals surface area contributed by atoms with Gasteiger partial charge in [-0.15, -0.1) is 0 Å². The van der Waals surface area contributed by atoms with Crippen LogP contribution in [0.1, 0.15) is 21.7 Å². The number of aromatic nitrogens is 4. The first-order valence-electron chi connectivity index (χ1n) is 5.84. The number of nitrogens with zero attached hydrogens (tertiary/aromatic N) is 4. The molecule has 2 aromatic rings. The maximum atomic E-state index is 12.8. The van der Waals surface area contributed by atoms with E-state index in [-0.39, 0.29) is 0 Å². The zero-order valence-electron chi connectivity index (χ0n) is 11.5. The molecule has 0 aromatic carbocycles. The van der Waals surface area contributed by atoms with Gasteiger partial charge in [0.15, 0.2) is 11.4 Å². The molecule has 0 radical (unpaired) electrons. The van der Waals surface area contributed by atoms with Gasteiger partial charge in [0.2, 0.25) is 5.88 Å². The summed E-state index contributed by atoms with van der Waals surface area (Å²) in [5.74, 6) is -2.15. The highest BCUT2D eigenvalue weighted by molar-refractivity contribution is 5.92. The SMILES string of the molecule is Cn1cc(C(=O)Oc2cc(C(F)(F)F)nn2C)c(C(F)(F)F)n1. The lowest BCUT2D eigenvalue weighted by molar-refractivity contribution is -0.142. The summed E-state index contributed by atoms with van der Waals surface area (Å²) < 4.78 is 81.6. The van der Waals surface area contributed by atoms with Crippen molar-refractivity contribution in [3.05, 3.63) is 29.2 Å². The van der Waals surface area contributed by atoms with E-state index >= 15 is 0 Å².